The van der Waals surface area contributed by atoms with Gasteiger partial charge in [0, 0.05) is 0 Å². The predicted molar refractivity (Wildman–Crippen MR) is 72.1 cm³/mol. The number of halogens is 1. The van der Waals surface area contributed by atoms with Crippen molar-refractivity contribution in [3.63, 3.8) is 0 Å². The summed E-state index contributed by atoms with van der Waals surface area (Å²) < 4.78 is 15.9. The van der Waals surface area contributed by atoms with Crippen molar-refractivity contribution in [2.45, 2.75) is 6.92 Å². The van der Waals surface area contributed by atoms with Gasteiger partial charge in [0.1, 0.15) is 18.7 Å². The normalized spacial score (nSPS) is 9.85. The number of quaternary nitrogens is 1. The number of para-hydroxylation sites is 1. The van der Waals surface area contributed by atoms with Gasteiger partial charge in [-0.25, -0.2) is 4.79 Å². The van der Waals surface area contributed by atoms with E-state index in [1.807, 2.05) is 21.0 Å². The van der Waals surface area contributed by atoms with Gasteiger partial charge in [0.25, 0.3) is 0 Å². The number of benzene rings is 1. The van der Waals surface area contributed by atoms with E-state index < -0.39 is 0 Å². The molecule has 0 saturated carbocycles. The maximum Gasteiger partial charge on any atom is 0.342 e. The molecule has 0 spiro atoms. The molecule has 1 aromatic rings. The molecular formula is C14H22ClNO4. The highest BCUT2D eigenvalue weighted by Gasteiger charge is 2.18. The van der Waals surface area contributed by atoms with E-state index in [0.29, 0.717) is 30.3 Å². The van der Waals surface area contributed by atoms with Crippen LogP contribution in [0, 0.1) is 0 Å². The number of ether oxygens (including phenoxy) is 3. The molecule has 5 nitrogen and oxygen atoms in total. The number of nitrogens with one attached hydrogen (secondary N) is 1. The second-order valence-corrected chi connectivity index (χ2v) is 4.36. The predicted octanol–water partition coefficient (Wildman–Crippen LogP) is -2.60. The largest absolute Gasteiger partial charge is 1.00 e. The number of carbonyl (C=O) groups is 1. The standard InChI is InChI=1S/C14H21NO4.ClH/c1-5-18-13-11(7-6-8-12(13)17-4)14(16)19-10-9-15(2)3;/h6-8H,5,9-10H2,1-4H3;1H. The quantitative estimate of drug-likeness (QED) is 0.561. The van der Waals surface area contributed by atoms with Crippen LogP contribution in [0.15, 0.2) is 18.2 Å². The Morgan fingerprint density at radius 1 is 1.30 bits per heavy atom. The van der Waals surface area contributed by atoms with Crippen molar-refractivity contribution >= 4 is 5.97 Å². The van der Waals surface area contributed by atoms with Crippen LogP contribution in [-0.4, -0.2) is 46.9 Å². The third-order valence-corrected chi connectivity index (χ3v) is 2.54. The Morgan fingerprint density at radius 2 is 2.00 bits per heavy atom. The monoisotopic (exact) mass is 303 g/mol. The number of carbonyl (C=O) groups excluding carboxylic acids is 1. The van der Waals surface area contributed by atoms with Gasteiger partial charge in [0.2, 0.25) is 0 Å². The molecule has 0 radical (unpaired) electrons. The van der Waals surface area contributed by atoms with Crippen LogP contribution in [0.5, 0.6) is 11.5 Å². The summed E-state index contributed by atoms with van der Waals surface area (Å²) in [6, 6.07) is 5.18. The maximum atomic E-state index is 12.0. The summed E-state index contributed by atoms with van der Waals surface area (Å²) in [5, 5.41) is 0. The summed E-state index contributed by atoms with van der Waals surface area (Å²) in [4.78, 5) is 13.2. The van der Waals surface area contributed by atoms with E-state index in [9.17, 15) is 4.79 Å². The minimum absolute atomic E-state index is 0. The van der Waals surface area contributed by atoms with Gasteiger partial charge in [-0.05, 0) is 19.1 Å². The van der Waals surface area contributed by atoms with Gasteiger partial charge >= 0.3 is 5.97 Å². The third-order valence-electron chi connectivity index (χ3n) is 2.54. The zero-order valence-electron chi connectivity index (χ0n) is 12.4. The highest BCUT2D eigenvalue weighted by atomic mass is 35.5. The first-order chi connectivity index (χ1) is 9.10. The highest BCUT2D eigenvalue weighted by Crippen LogP contribution is 2.31. The molecule has 6 heteroatoms. The molecule has 0 atom stereocenters. The number of hydrogen-bond acceptors (Lipinski definition) is 4. The van der Waals surface area contributed by atoms with E-state index in [1.165, 1.54) is 4.90 Å². The highest BCUT2D eigenvalue weighted by molar-refractivity contribution is 5.93. The van der Waals surface area contributed by atoms with Crippen LogP contribution in [0.1, 0.15) is 17.3 Å². The summed E-state index contributed by atoms with van der Waals surface area (Å²) in [7, 11) is 5.55. The van der Waals surface area contributed by atoms with Crippen LogP contribution in [0.2, 0.25) is 0 Å². The summed E-state index contributed by atoms with van der Waals surface area (Å²) in [6.45, 7) is 3.46. The van der Waals surface area contributed by atoms with Crippen LogP contribution in [0.3, 0.4) is 0 Å². The number of likely N-dealkylation sites (N-methyl/N-ethyl adjacent to an activating group) is 1. The Balaban J connectivity index is 0.00000361. The van der Waals surface area contributed by atoms with Crippen LogP contribution in [0.4, 0.5) is 0 Å². The molecule has 0 heterocycles. The van der Waals surface area contributed by atoms with E-state index in [4.69, 9.17) is 14.2 Å². The topological polar surface area (TPSA) is 49.2 Å². The zero-order chi connectivity index (χ0) is 14.3. The smallest absolute Gasteiger partial charge is 0.342 e. The molecule has 0 amide bonds. The van der Waals surface area contributed by atoms with Gasteiger partial charge in [0.15, 0.2) is 11.5 Å². The molecule has 1 rings (SSSR count). The van der Waals surface area contributed by atoms with Crippen LogP contribution >= 0.6 is 0 Å². The van der Waals surface area contributed by atoms with E-state index in [2.05, 4.69) is 0 Å². The Kier molecular flexibility index (Phi) is 8.76. The second-order valence-electron chi connectivity index (χ2n) is 4.36. The SMILES string of the molecule is CCOc1c(OC)cccc1C(=O)OCC[NH+](C)C.[Cl-]. The van der Waals surface area contributed by atoms with Gasteiger partial charge in [-0.15, -0.1) is 0 Å². The average Bonchev–Trinajstić information content (AvgIpc) is 2.38. The van der Waals surface area contributed by atoms with Crippen LogP contribution in [0.25, 0.3) is 0 Å². The van der Waals surface area contributed by atoms with Crippen molar-refractivity contribution in [2.75, 3.05) is 41.0 Å². The molecule has 114 valence electrons. The Labute approximate surface area is 126 Å². The molecule has 0 saturated heterocycles. The molecule has 0 aliphatic carbocycles. The molecule has 0 aromatic heterocycles. The average molecular weight is 304 g/mol. The van der Waals surface area contributed by atoms with Gasteiger partial charge in [0.05, 0.1) is 27.8 Å². The van der Waals surface area contributed by atoms with E-state index in [0.717, 1.165) is 6.54 Å². The summed E-state index contributed by atoms with van der Waals surface area (Å²) in [5.41, 5.74) is 0.398. The van der Waals surface area contributed by atoms with Crippen molar-refractivity contribution in [3.05, 3.63) is 23.8 Å². The lowest BCUT2D eigenvalue weighted by molar-refractivity contribution is -0.858. The van der Waals surface area contributed by atoms with Crippen molar-refractivity contribution < 1.29 is 36.3 Å². The number of rotatable bonds is 7. The molecule has 0 aliphatic rings. The number of esters is 1. The molecule has 0 fully saturated rings. The van der Waals surface area contributed by atoms with E-state index >= 15 is 0 Å². The van der Waals surface area contributed by atoms with Crippen molar-refractivity contribution in [1.29, 1.82) is 0 Å². The lowest BCUT2D eigenvalue weighted by atomic mass is 10.2. The summed E-state index contributed by atoms with van der Waals surface area (Å²) in [6.07, 6.45) is 0. The third kappa shape index (κ3) is 5.27. The molecule has 1 N–H and O–H groups in total. The van der Waals surface area contributed by atoms with Gasteiger partial charge in [-0.2, -0.15) is 0 Å². The zero-order valence-corrected chi connectivity index (χ0v) is 13.1. The summed E-state index contributed by atoms with van der Waals surface area (Å²) in [5.74, 6) is 0.591. The lowest BCUT2D eigenvalue weighted by Crippen LogP contribution is -3.06. The molecule has 1 aromatic carbocycles. The van der Waals surface area contributed by atoms with Gasteiger partial charge in [-0.1, -0.05) is 6.07 Å². The number of methoxy groups -OCH3 is 1. The van der Waals surface area contributed by atoms with Crippen molar-refractivity contribution in [2.24, 2.45) is 0 Å². The van der Waals surface area contributed by atoms with Crippen molar-refractivity contribution in [1.82, 2.24) is 0 Å². The number of hydrogen-bond donors (Lipinski definition) is 1. The van der Waals surface area contributed by atoms with Crippen LogP contribution in [-0.2, 0) is 4.74 Å². The maximum absolute atomic E-state index is 12.0. The van der Waals surface area contributed by atoms with E-state index in [1.54, 1.807) is 25.3 Å². The lowest BCUT2D eigenvalue weighted by Gasteiger charge is -2.13. The summed E-state index contributed by atoms with van der Waals surface area (Å²) >= 11 is 0. The molecule has 20 heavy (non-hydrogen) atoms. The fourth-order valence-corrected chi connectivity index (χ4v) is 1.56. The fraction of sp³-hybridized carbons (Fsp3) is 0.500. The first kappa shape index (κ1) is 18.5. The fourth-order valence-electron chi connectivity index (χ4n) is 1.56. The molecule has 0 bridgehead atoms. The van der Waals surface area contributed by atoms with Crippen molar-refractivity contribution in [3.8, 4) is 11.5 Å². The minimum atomic E-state index is -0.386. The molecule has 0 aliphatic heterocycles. The molecular weight excluding hydrogens is 282 g/mol. The first-order valence-corrected chi connectivity index (χ1v) is 6.36. The minimum Gasteiger partial charge on any atom is -1.00 e. The van der Waals surface area contributed by atoms with Gasteiger partial charge in [-0.3, -0.25) is 0 Å². The van der Waals surface area contributed by atoms with Gasteiger partial charge < -0.3 is 31.5 Å². The first-order valence-electron chi connectivity index (χ1n) is 6.36. The second kappa shape index (κ2) is 9.44. The Hall–Kier alpha value is -1.46. The van der Waals surface area contributed by atoms with E-state index in [-0.39, 0.29) is 18.4 Å². The Morgan fingerprint density at radius 3 is 2.55 bits per heavy atom. The molecule has 0 unspecified atom stereocenters. The van der Waals surface area contributed by atoms with Crippen LogP contribution < -0.4 is 26.8 Å². The Bertz CT molecular complexity index is 424.